The minimum absolute atomic E-state index is 0.0968. The predicted molar refractivity (Wildman–Crippen MR) is 95.8 cm³/mol. The Labute approximate surface area is 151 Å². The Balaban J connectivity index is 1.53. The van der Waals surface area contributed by atoms with E-state index >= 15 is 0 Å². The second-order valence-electron chi connectivity index (χ2n) is 7.16. The third-order valence-corrected chi connectivity index (χ3v) is 5.49. The van der Waals surface area contributed by atoms with Crippen LogP contribution in [-0.4, -0.2) is 29.1 Å². The lowest BCUT2D eigenvalue weighted by atomic mass is 9.69. The third kappa shape index (κ3) is 2.90. The zero-order valence-electron chi connectivity index (χ0n) is 14.4. The predicted octanol–water partition coefficient (Wildman–Crippen LogP) is 2.30. The molecule has 1 atom stereocenters. The molecule has 0 saturated heterocycles. The number of nitrogens with one attached hydrogen (secondary N) is 2. The van der Waals surface area contributed by atoms with Gasteiger partial charge in [-0.2, -0.15) is 0 Å². The molecule has 0 spiro atoms. The van der Waals surface area contributed by atoms with Crippen molar-refractivity contribution < 1.29 is 14.3 Å². The Morgan fingerprint density at radius 1 is 1.31 bits per heavy atom. The molecule has 6 heteroatoms. The minimum Gasteiger partial charge on any atom is -0.396 e. The molecule has 2 aliphatic heterocycles. The number of aliphatic hydroxyl groups excluding tert-OH is 1. The van der Waals surface area contributed by atoms with E-state index in [4.69, 9.17) is 0 Å². The molecule has 5 nitrogen and oxygen atoms in total. The van der Waals surface area contributed by atoms with Gasteiger partial charge in [-0.25, -0.2) is 4.39 Å². The highest BCUT2D eigenvalue weighted by molar-refractivity contribution is 5.94. The number of hydrogen-bond acceptors (Lipinski definition) is 4. The molecule has 3 N–H and O–H groups in total. The van der Waals surface area contributed by atoms with Gasteiger partial charge in [-0.1, -0.05) is 24.6 Å². The molecule has 1 amide bonds. The summed E-state index contributed by atoms with van der Waals surface area (Å²) in [5.74, 6) is -0.476. The van der Waals surface area contributed by atoms with Crippen molar-refractivity contribution in [3.8, 4) is 0 Å². The number of halogens is 1. The van der Waals surface area contributed by atoms with Crippen LogP contribution in [0.25, 0.3) is 0 Å². The molecular formula is C20H22FN3O2. The molecule has 1 aromatic carbocycles. The average Bonchev–Trinajstić information content (AvgIpc) is 3.01. The Hall–Kier alpha value is -2.60. The van der Waals surface area contributed by atoms with Crippen molar-refractivity contribution in [1.82, 2.24) is 15.5 Å². The van der Waals surface area contributed by atoms with Gasteiger partial charge < -0.3 is 20.6 Å². The topological polar surface area (TPSA) is 64.6 Å². The highest BCUT2D eigenvalue weighted by atomic mass is 19.1. The van der Waals surface area contributed by atoms with Crippen molar-refractivity contribution in [2.75, 3.05) is 13.2 Å². The van der Waals surface area contributed by atoms with Crippen LogP contribution in [0.3, 0.4) is 0 Å². The number of hydrogen-bond donors (Lipinski definition) is 3. The van der Waals surface area contributed by atoms with E-state index in [1.54, 1.807) is 12.1 Å². The second-order valence-corrected chi connectivity index (χ2v) is 7.16. The molecule has 26 heavy (non-hydrogen) atoms. The zero-order valence-corrected chi connectivity index (χ0v) is 14.4. The SMILES string of the molecule is O=C(NCC1(CO)CCC1)C1=C2C=CC=CN2C(c2ccc(F)cc2)N1. The van der Waals surface area contributed by atoms with Gasteiger partial charge in [-0.05, 0) is 42.7 Å². The van der Waals surface area contributed by atoms with Crippen LogP contribution >= 0.6 is 0 Å². The van der Waals surface area contributed by atoms with Gasteiger partial charge in [0, 0.05) is 18.2 Å². The normalized spacial score (nSPS) is 22.7. The van der Waals surface area contributed by atoms with Gasteiger partial charge in [-0.15, -0.1) is 0 Å². The second kappa shape index (κ2) is 6.61. The molecule has 136 valence electrons. The number of rotatable bonds is 5. The van der Waals surface area contributed by atoms with Gasteiger partial charge in [0.1, 0.15) is 17.7 Å². The van der Waals surface area contributed by atoms with Crippen molar-refractivity contribution in [3.63, 3.8) is 0 Å². The van der Waals surface area contributed by atoms with Crippen LogP contribution in [0.1, 0.15) is 31.0 Å². The first-order chi connectivity index (χ1) is 12.6. The van der Waals surface area contributed by atoms with Crippen molar-refractivity contribution in [2.24, 2.45) is 5.41 Å². The smallest absolute Gasteiger partial charge is 0.269 e. The average molecular weight is 355 g/mol. The van der Waals surface area contributed by atoms with E-state index in [9.17, 15) is 14.3 Å². The molecule has 0 aromatic heterocycles. The lowest BCUT2D eigenvalue weighted by molar-refractivity contribution is -0.119. The van der Waals surface area contributed by atoms with E-state index in [2.05, 4.69) is 10.6 Å². The monoisotopic (exact) mass is 355 g/mol. The first-order valence-corrected chi connectivity index (χ1v) is 8.90. The summed E-state index contributed by atoms with van der Waals surface area (Å²) in [6, 6.07) is 6.26. The first kappa shape index (κ1) is 16.8. The molecule has 0 bridgehead atoms. The summed E-state index contributed by atoms with van der Waals surface area (Å²) >= 11 is 0. The van der Waals surface area contributed by atoms with Crippen LogP contribution in [-0.2, 0) is 4.79 Å². The van der Waals surface area contributed by atoms with E-state index in [1.165, 1.54) is 12.1 Å². The molecule has 1 saturated carbocycles. The summed E-state index contributed by atoms with van der Waals surface area (Å²) in [6.45, 7) is 0.571. The van der Waals surface area contributed by atoms with Crippen LogP contribution in [0.5, 0.6) is 0 Å². The Bertz CT molecular complexity index is 788. The Morgan fingerprint density at radius 3 is 2.73 bits per heavy atom. The third-order valence-electron chi connectivity index (χ3n) is 5.49. The minimum atomic E-state index is -0.290. The van der Waals surface area contributed by atoms with Crippen LogP contribution in [0.2, 0.25) is 0 Å². The fraction of sp³-hybridized carbons (Fsp3) is 0.350. The highest BCUT2D eigenvalue weighted by Crippen LogP contribution is 2.40. The summed E-state index contributed by atoms with van der Waals surface area (Å²) in [7, 11) is 0. The number of fused-ring (bicyclic) bond motifs is 1. The molecule has 1 aliphatic carbocycles. The number of carbonyl (C=O) groups excluding carboxylic acids is 1. The van der Waals surface area contributed by atoms with Crippen LogP contribution in [0.4, 0.5) is 4.39 Å². The van der Waals surface area contributed by atoms with Gasteiger partial charge in [0.05, 0.1) is 12.3 Å². The van der Waals surface area contributed by atoms with E-state index in [0.717, 1.165) is 30.5 Å². The van der Waals surface area contributed by atoms with E-state index in [-0.39, 0.29) is 29.9 Å². The van der Waals surface area contributed by atoms with E-state index < -0.39 is 0 Å². The van der Waals surface area contributed by atoms with Gasteiger partial charge in [0.15, 0.2) is 0 Å². The lowest BCUT2D eigenvalue weighted by Gasteiger charge is -2.40. The van der Waals surface area contributed by atoms with Crippen LogP contribution < -0.4 is 10.6 Å². The summed E-state index contributed by atoms with van der Waals surface area (Å²) < 4.78 is 13.2. The Kier molecular flexibility index (Phi) is 4.28. The molecule has 3 aliphatic rings. The lowest BCUT2D eigenvalue weighted by Crippen LogP contribution is -2.45. The fourth-order valence-electron chi connectivity index (χ4n) is 3.67. The van der Waals surface area contributed by atoms with E-state index in [1.807, 2.05) is 29.3 Å². The van der Waals surface area contributed by atoms with Crippen molar-refractivity contribution >= 4 is 5.91 Å². The maximum atomic E-state index is 13.2. The number of aliphatic hydroxyl groups is 1. The quantitative estimate of drug-likeness (QED) is 0.758. The number of benzene rings is 1. The molecule has 2 heterocycles. The fourth-order valence-corrected chi connectivity index (χ4v) is 3.67. The maximum absolute atomic E-state index is 13.2. The summed E-state index contributed by atoms with van der Waals surface area (Å²) in [5, 5.41) is 15.8. The molecule has 0 radical (unpaired) electrons. The number of carbonyl (C=O) groups is 1. The van der Waals surface area contributed by atoms with Crippen LogP contribution in [0.15, 0.2) is 60.1 Å². The number of amides is 1. The number of allylic oxidation sites excluding steroid dienone is 3. The summed E-state index contributed by atoms with van der Waals surface area (Å²) in [6.07, 6.45) is 10.3. The van der Waals surface area contributed by atoms with E-state index in [0.29, 0.717) is 12.2 Å². The van der Waals surface area contributed by atoms with Gasteiger partial charge in [0.2, 0.25) is 0 Å². The summed E-state index contributed by atoms with van der Waals surface area (Å²) in [4.78, 5) is 14.7. The summed E-state index contributed by atoms with van der Waals surface area (Å²) in [5.41, 5.74) is 1.98. The van der Waals surface area contributed by atoms with Gasteiger partial charge in [0.25, 0.3) is 5.91 Å². The largest absolute Gasteiger partial charge is 0.396 e. The zero-order chi connectivity index (χ0) is 18.1. The van der Waals surface area contributed by atoms with Gasteiger partial charge in [-0.3, -0.25) is 4.79 Å². The Morgan fingerprint density at radius 2 is 2.08 bits per heavy atom. The molecule has 1 aromatic rings. The van der Waals surface area contributed by atoms with Crippen molar-refractivity contribution in [2.45, 2.75) is 25.4 Å². The van der Waals surface area contributed by atoms with Crippen molar-refractivity contribution in [3.05, 3.63) is 71.5 Å². The van der Waals surface area contributed by atoms with Gasteiger partial charge >= 0.3 is 0 Å². The molecular weight excluding hydrogens is 333 g/mol. The van der Waals surface area contributed by atoms with Crippen molar-refractivity contribution in [1.29, 1.82) is 0 Å². The highest BCUT2D eigenvalue weighted by Gasteiger charge is 2.38. The van der Waals surface area contributed by atoms with Crippen LogP contribution in [0, 0.1) is 11.2 Å². The number of nitrogens with zero attached hydrogens (tertiary/aromatic N) is 1. The first-order valence-electron chi connectivity index (χ1n) is 8.90. The maximum Gasteiger partial charge on any atom is 0.269 e. The molecule has 4 rings (SSSR count). The molecule has 1 unspecified atom stereocenters. The standard InChI is InChI=1S/C20H22FN3O2/c21-15-7-5-14(6-8-15)18-23-17(16-4-1-2-11-24(16)18)19(26)22-12-20(13-25)9-3-10-20/h1-2,4-8,11,18,23,25H,3,9-10,12-13H2,(H,22,26). The molecule has 1 fully saturated rings.